The molecular weight excluding hydrogens is 399 g/mol. The zero-order valence-corrected chi connectivity index (χ0v) is 17.3. The number of amides is 3. The second-order valence-corrected chi connectivity index (χ2v) is 7.73. The van der Waals surface area contributed by atoms with Crippen LogP contribution >= 0.6 is 0 Å². The lowest BCUT2D eigenvalue weighted by molar-refractivity contribution is -0.113. The van der Waals surface area contributed by atoms with Gasteiger partial charge in [0.2, 0.25) is 0 Å². The number of nitrogens with zero attached hydrogens (tertiary/aromatic N) is 3. The third kappa shape index (κ3) is 4.58. The molecule has 7 nitrogen and oxygen atoms in total. The fraction of sp³-hybridized carbons (Fsp3) is 0.261. The Bertz CT molecular complexity index is 1050. The lowest BCUT2D eigenvalue weighted by Gasteiger charge is -2.21. The number of urea groups is 1. The first-order valence-electron chi connectivity index (χ1n) is 10.1. The molecule has 0 aliphatic carbocycles. The van der Waals surface area contributed by atoms with Crippen molar-refractivity contribution in [2.75, 3.05) is 18.4 Å². The number of anilines is 1. The van der Waals surface area contributed by atoms with E-state index in [4.69, 9.17) is 4.74 Å². The maximum atomic E-state index is 13.1. The summed E-state index contributed by atoms with van der Waals surface area (Å²) in [5, 5.41) is 2.85. The number of carbonyl (C=O) groups excluding carboxylic acids is 2. The summed E-state index contributed by atoms with van der Waals surface area (Å²) in [7, 11) is 0. The molecule has 8 heteroatoms. The van der Waals surface area contributed by atoms with E-state index >= 15 is 0 Å². The molecule has 2 heterocycles. The van der Waals surface area contributed by atoms with Gasteiger partial charge in [0.15, 0.2) is 0 Å². The van der Waals surface area contributed by atoms with Crippen LogP contribution in [-0.4, -0.2) is 40.8 Å². The molecule has 2 aliphatic rings. The average Bonchev–Trinajstić information content (AvgIpc) is 3.08. The lowest BCUT2D eigenvalue weighted by Crippen LogP contribution is -2.36. The summed E-state index contributed by atoms with van der Waals surface area (Å²) in [6, 6.07) is 13.2. The smallest absolute Gasteiger partial charge is 0.348 e. The summed E-state index contributed by atoms with van der Waals surface area (Å²) in [4.78, 5) is 32.4. The average molecular weight is 422 g/mol. The van der Waals surface area contributed by atoms with Crippen LogP contribution in [0.3, 0.4) is 0 Å². The number of carbonyl (C=O) groups is 2. The molecule has 4 rings (SSSR count). The van der Waals surface area contributed by atoms with Crippen LogP contribution in [0.2, 0.25) is 0 Å². The van der Waals surface area contributed by atoms with Crippen molar-refractivity contribution in [3.63, 3.8) is 0 Å². The van der Waals surface area contributed by atoms with E-state index in [2.05, 4.69) is 24.2 Å². The fourth-order valence-electron chi connectivity index (χ4n) is 3.39. The highest BCUT2D eigenvalue weighted by molar-refractivity contribution is 6.08. The molecule has 0 radical (unpaired) electrons. The molecule has 31 heavy (non-hydrogen) atoms. The SMILES string of the molecule is CC(C)c1ccc(NC(=O)C2=COC3=NC(=O)N(Cc4ccc(F)cc4)CCN23)cc1. The highest BCUT2D eigenvalue weighted by Gasteiger charge is 2.33. The van der Waals surface area contributed by atoms with Crippen molar-refractivity contribution in [3.8, 4) is 0 Å². The number of rotatable bonds is 5. The van der Waals surface area contributed by atoms with Crippen molar-refractivity contribution >= 4 is 23.6 Å². The van der Waals surface area contributed by atoms with Crippen LogP contribution in [0.15, 0.2) is 65.5 Å². The Labute approximate surface area is 179 Å². The van der Waals surface area contributed by atoms with E-state index in [9.17, 15) is 14.0 Å². The van der Waals surface area contributed by atoms with Crippen molar-refractivity contribution < 1.29 is 18.7 Å². The maximum Gasteiger partial charge on any atom is 0.348 e. The van der Waals surface area contributed by atoms with Gasteiger partial charge in [-0.05, 0) is 41.3 Å². The minimum absolute atomic E-state index is 0.0758. The summed E-state index contributed by atoms with van der Waals surface area (Å²) in [5.74, 6) is -0.274. The Hall–Kier alpha value is -3.68. The molecule has 1 N–H and O–H groups in total. The first kappa shape index (κ1) is 20.6. The maximum absolute atomic E-state index is 13.1. The summed E-state index contributed by atoms with van der Waals surface area (Å²) in [6.07, 6.45) is 1.31. The second-order valence-electron chi connectivity index (χ2n) is 7.73. The summed E-state index contributed by atoms with van der Waals surface area (Å²) < 4.78 is 18.5. The van der Waals surface area contributed by atoms with Gasteiger partial charge < -0.3 is 15.0 Å². The molecule has 0 bridgehead atoms. The summed E-state index contributed by atoms with van der Waals surface area (Å²) in [6.45, 7) is 5.18. The minimum atomic E-state index is -0.471. The van der Waals surface area contributed by atoms with E-state index in [1.807, 2.05) is 24.3 Å². The zero-order valence-electron chi connectivity index (χ0n) is 17.3. The highest BCUT2D eigenvalue weighted by atomic mass is 19.1. The van der Waals surface area contributed by atoms with Crippen LogP contribution in [0.25, 0.3) is 0 Å². The van der Waals surface area contributed by atoms with E-state index in [1.165, 1.54) is 28.9 Å². The topological polar surface area (TPSA) is 74.2 Å². The van der Waals surface area contributed by atoms with Crippen molar-refractivity contribution in [1.29, 1.82) is 0 Å². The zero-order chi connectivity index (χ0) is 22.0. The second kappa shape index (κ2) is 8.59. The molecule has 0 spiro atoms. The van der Waals surface area contributed by atoms with E-state index in [-0.39, 0.29) is 30.0 Å². The van der Waals surface area contributed by atoms with Gasteiger partial charge in [0.1, 0.15) is 17.8 Å². The van der Waals surface area contributed by atoms with Crippen molar-refractivity contribution in [2.24, 2.45) is 4.99 Å². The predicted molar refractivity (Wildman–Crippen MR) is 115 cm³/mol. The van der Waals surface area contributed by atoms with Gasteiger partial charge >= 0.3 is 12.1 Å². The Kier molecular flexibility index (Phi) is 5.70. The van der Waals surface area contributed by atoms with E-state index in [0.29, 0.717) is 24.7 Å². The van der Waals surface area contributed by atoms with Crippen LogP contribution in [0, 0.1) is 5.82 Å². The van der Waals surface area contributed by atoms with Gasteiger partial charge in [-0.25, -0.2) is 9.18 Å². The molecular formula is C23H23FN4O3. The molecule has 0 atom stereocenters. The van der Waals surface area contributed by atoms with Crippen molar-refractivity contribution in [1.82, 2.24) is 9.80 Å². The van der Waals surface area contributed by atoms with Crippen molar-refractivity contribution in [3.05, 3.63) is 77.4 Å². The number of ether oxygens (including phenoxy) is 1. The normalized spacial score (nSPS) is 15.8. The summed E-state index contributed by atoms with van der Waals surface area (Å²) in [5.41, 5.74) is 2.92. The molecule has 2 aromatic rings. The van der Waals surface area contributed by atoms with Crippen LogP contribution < -0.4 is 5.32 Å². The van der Waals surface area contributed by atoms with Gasteiger partial charge in [-0.1, -0.05) is 38.1 Å². The third-order valence-corrected chi connectivity index (χ3v) is 5.21. The summed E-state index contributed by atoms with van der Waals surface area (Å²) >= 11 is 0. The highest BCUT2D eigenvalue weighted by Crippen LogP contribution is 2.22. The van der Waals surface area contributed by atoms with Gasteiger partial charge in [0, 0.05) is 25.3 Å². The molecule has 0 saturated heterocycles. The van der Waals surface area contributed by atoms with Crippen LogP contribution in [0.4, 0.5) is 14.9 Å². The number of fused-ring (bicyclic) bond motifs is 1. The van der Waals surface area contributed by atoms with Crippen molar-refractivity contribution in [2.45, 2.75) is 26.3 Å². The van der Waals surface area contributed by atoms with Crippen LogP contribution in [0.1, 0.15) is 30.9 Å². The van der Waals surface area contributed by atoms with Gasteiger partial charge in [-0.15, -0.1) is 4.99 Å². The molecule has 2 aromatic carbocycles. The fourth-order valence-corrected chi connectivity index (χ4v) is 3.39. The minimum Gasteiger partial charge on any atom is -0.431 e. The molecule has 0 saturated carbocycles. The number of hydrogen-bond acceptors (Lipinski definition) is 4. The first-order chi connectivity index (χ1) is 14.9. The van der Waals surface area contributed by atoms with Crippen LogP contribution in [-0.2, 0) is 16.1 Å². The monoisotopic (exact) mass is 422 g/mol. The lowest BCUT2D eigenvalue weighted by atomic mass is 10.0. The number of hydrogen-bond donors (Lipinski definition) is 1. The predicted octanol–water partition coefficient (Wildman–Crippen LogP) is 4.05. The molecule has 0 aromatic heterocycles. The molecule has 3 amide bonds. The van der Waals surface area contributed by atoms with Crippen LogP contribution in [0.5, 0.6) is 0 Å². The van der Waals surface area contributed by atoms with Gasteiger partial charge in [0.05, 0.1) is 0 Å². The van der Waals surface area contributed by atoms with Gasteiger partial charge in [0.25, 0.3) is 5.91 Å². The molecule has 160 valence electrons. The standard InChI is InChI=1S/C23H23FN4O3/c1-15(2)17-5-9-19(10-6-17)25-21(29)20-14-31-23-26-22(30)27(11-12-28(20)23)13-16-3-7-18(24)8-4-16/h3-10,14-15H,11-13H2,1-2H3,(H,25,29). The number of aliphatic imine (C=N–C) groups is 1. The number of halogens is 1. The Morgan fingerprint density at radius 1 is 1.13 bits per heavy atom. The number of nitrogens with one attached hydrogen (secondary N) is 1. The Morgan fingerprint density at radius 3 is 2.52 bits per heavy atom. The Morgan fingerprint density at radius 2 is 1.84 bits per heavy atom. The van der Waals surface area contributed by atoms with Gasteiger partial charge in [-0.2, -0.15) is 0 Å². The quantitative estimate of drug-likeness (QED) is 0.789. The third-order valence-electron chi connectivity index (χ3n) is 5.21. The van der Waals surface area contributed by atoms with E-state index < -0.39 is 6.03 Å². The largest absolute Gasteiger partial charge is 0.431 e. The van der Waals surface area contributed by atoms with E-state index in [1.54, 1.807) is 17.0 Å². The molecule has 0 fully saturated rings. The number of benzene rings is 2. The molecule has 0 unspecified atom stereocenters. The Balaban J connectivity index is 1.42. The van der Waals surface area contributed by atoms with Gasteiger partial charge in [-0.3, -0.25) is 9.69 Å². The number of amidine groups is 1. The molecule has 2 aliphatic heterocycles. The first-order valence-corrected chi connectivity index (χ1v) is 10.1. The van der Waals surface area contributed by atoms with E-state index in [0.717, 1.165) is 5.56 Å².